The number of hydrogen-bond acceptors (Lipinski definition) is 4. The standard InChI is InChI=1S/C27H36N4O3/c1-4-21(28)25(32)29-23(18(2)3)27(34)31-17-11-16-22(31)26(33)30-24(19-12-7-5-8-13-19)20-14-9-6-10-15-20/h5-10,12-15,18,21-24H,4,11,16-17,28H2,1-3H3,(H,29,32)(H,30,33)/t21-,22-,23-/m0/s1. The van der Waals surface area contributed by atoms with Crippen LogP contribution in [0.5, 0.6) is 0 Å². The van der Waals surface area contributed by atoms with Crippen molar-refractivity contribution in [3.63, 3.8) is 0 Å². The number of benzene rings is 2. The van der Waals surface area contributed by atoms with Crippen LogP contribution in [0.2, 0.25) is 0 Å². The van der Waals surface area contributed by atoms with E-state index in [1.165, 1.54) is 0 Å². The summed E-state index contributed by atoms with van der Waals surface area (Å²) in [6, 6.07) is 17.3. The molecule has 1 saturated heterocycles. The Balaban J connectivity index is 1.79. The summed E-state index contributed by atoms with van der Waals surface area (Å²) in [5.41, 5.74) is 7.80. The molecule has 1 aliphatic rings. The Morgan fingerprint density at radius 2 is 1.53 bits per heavy atom. The predicted molar refractivity (Wildman–Crippen MR) is 133 cm³/mol. The van der Waals surface area contributed by atoms with E-state index >= 15 is 0 Å². The summed E-state index contributed by atoms with van der Waals surface area (Å²) >= 11 is 0. The van der Waals surface area contributed by atoms with E-state index in [2.05, 4.69) is 10.6 Å². The number of amides is 3. The minimum Gasteiger partial charge on any atom is -0.343 e. The van der Waals surface area contributed by atoms with Crippen LogP contribution in [-0.2, 0) is 14.4 Å². The van der Waals surface area contributed by atoms with Gasteiger partial charge in [0.15, 0.2) is 0 Å². The normalized spacial score (nSPS) is 17.5. The van der Waals surface area contributed by atoms with Crippen molar-refractivity contribution in [2.75, 3.05) is 6.54 Å². The van der Waals surface area contributed by atoms with Gasteiger partial charge in [-0.25, -0.2) is 0 Å². The summed E-state index contributed by atoms with van der Waals surface area (Å²) in [6.07, 6.45) is 1.81. The van der Waals surface area contributed by atoms with Gasteiger partial charge in [-0.1, -0.05) is 81.4 Å². The van der Waals surface area contributed by atoms with Gasteiger partial charge in [-0.3, -0.25) is 14.4 Å². The van der Waals surface area contributed by atoms with Crippen molar-refractivity contribution >= 4 is 17.7 Å². The zero-order chi connectivity index (χ0) is 24.7. The van der Waals surface area contributed by atoms with Gasteiger partial charge in [-0.15, -0.1) is 0 Å². The third kappa shape index (κ3) is 6.03. The van der Waals surface area contributed by atoms with E-state index in [4.69, 9.17) is 5.73 Å². The van der Waals surface area contributed by atoms with E-state index in [1.54, 1.807) is 4.90 Å². The molecule has 0 aliphatic carbocycles. The fraction of sp³-hybridized carbons (Fsp3) is 0.444. The Hall–Kier alpha value is -3.19. The maximum Gasteiger partial charge on any atom is 0.246 e. The Morgan fingerprint density at radius 3 is 2.03 bits per heavy atom. The molecular formula is C27H36N4O3. The van der Waals surface area contributed by atoms with E-state index in [0.29, 0.717) is 19.4 Å². The van der Waals surface area contributed by atoms with Gasteiger partial charge in [0, 0.05) is 6.54 Å². The zero-order valence-electron chi connectivity index (χ0n) is 20.2. The molecule has 1 aliphatic heterocycles. The first-order valence-electron chi connectivity index (χ1n) is 12.1. The molecule has 182 valence electrons. The van der Waals surface area contributed by atoms with Crippen LogP contribution in [0.3, 0.4) is 0 Å². The first-order valence-corrected chi connectivity index (χ1v) is 12.1. The number of likely N-dealkylation sites (tertiary alicyclic amines) is 1. The lowest BCUT2D eigenvalue weighted by atomic mass is 9.98. The smallest absolute Gasteiger partial charge is 0.246 e. The number of carbonyl (C=O) groups excluding carboxylic acids is 3. The van der Waals surface area contributed by atoms with E-state index < -0.39 is 18.1 Å². The van der Waals surface area contributed by atoms with Gasteiger partial charge in [0.25, 0.3) is 0 Å². The van der Waals surface area contributed by atoms with Crippen LogP contribution in [0.4, 0.5) is 0 Å². The van der Waals surface area contributed by atoms with E-state index in [0.717, 1.165) is 17.5 Å². The molecule has 0 saturated carbocycles. The maximum absolute atomic E-state index is 13.5. The summed E-state index contributed by atoms with van der Waals surface area (Å²) in [7, 11) is 0. The van der Waals surface area contributed by atoms with Gasteiger partial charge < -0.3 is 21.3 Å². The van der Waals surface area contributed by atoms with Crippen LogP contribution in [0, 0.1) is 5.92 Å². The minimum atomic E-state index is -0.724. The molecule has 0 aromatic heterocycles. The van der Waals surface area contributed by atoms with Crippen LogP contribution in [0.1, 0.15) is 57.2 Å². The molecule has 3 rings (SSSR count). The molecule has 7 nitrogen and oxygen atoms in total. The molecule has 3 amide bonds. The van der Waals surface area contributed by atoms with Crippen LogP contribution in [0.15, 0.2) is 60.7 Å². The predicted octanol–water partition coefficient (Wildman–Crippen LogP) is 2.76. The van der Waals surface area contributed by atoms with Crippen LogP contribution in [0.25, 0.3) is 0 Å². The molecule has 1 fully saturated rings. The van der Waals surface area contributed by atoms with E-state index in [9.17, 15) is 14.4 Å². The lowest BCUT2D eigenvalue weighted by Gasteiger charge is -2.32. The third-order valence-electron chi connectivity index (χ3n) is 6.40. The van der Waals surface area contributed by atoms with Crippen LogP contribution < -0.4 is 16.4 Å². The number of rotatable bonds is 9. The lowest BCUT2D eigenvalue weighted by Crippen LogP contribution is -2.57. The van der Waals surface area contributed by atoms with Crippen molar-refractivity contribution in [2.45, 2.75) is 64.2 Å². The molecule has 2 aromatic rings. The highest BCUT2D eigenvalue weighted by Gasteiger charge is 2.39. The number of nitrogens with one attached hydrogen (secondary N) is 2. The topological polar surface area (TPSA) is 105 Å². The number of nitrogens with zero attached hydrogens (tertiary/aromatic N) is 1. The van der Waals surface area contributed by atoms with Crippen LogP contribution >= 0.6 is 0 Å². The van der Waals surface area contributed by atoms with Gasteiger partial charge in [0.05, 0.1) is 12.1 Å². The number of hydrogen-bond donors (Lipinski definition) is 3. The molecule has 4 N–H and O–H groups in total. The van der Waals surface area contributed by atoms with Crippen molar-refractivity contribution in [2.24, 2.45) is 11.7 Å². The maximum atomic E-state index is 13.5. The van der Waals surface area contributed by atoms with E-state index in [-0.39, 0.29) is 29.7 Å². The molecule has 0 bridgehead atoms. The van der Waals surface area contributed by atoms with Gasteiger partial charge >= 0.3 is 0 Å². The molecule has 34 heavy (non-hydrogen) atoms. The summed E-state index contributed by atoms with van der Waals surface area (Å²) in [5, 5.41) is 5.98. The van der Waals surface area contributed by atoms with Gasteiger partial charge in [-0.05, 0) is 36.3 Å². The second-order valence-electron chi connectivity index (χ2n) is 9.20. The highest BCUT2D eigenvalue weighted by Crippen LogP contribution is 2.25. The fourth-order valence-electron chi connectivity index (χ4n) is 4.33. The Kier molecular flexibility index (Phi) is 8.82. The highest BCUT2D eigenvalue weighted by atomic mass is 16.2. The second kappa shape index (κ2) is 11.8. The number of nitrogens with two attached hydrogens (primary N) is 1. The first-order chi connectivity index (χ1) is 16.3. The molecule has 7 heteroatoms. The molecule has 3 atom stereocenters. The van der Waals surface area contributed by atoms with Crippen molar-refractivity contribution in [1.29, 1.82) is 0 Å². The average Bonchev–Trinajstić information content (AvgIpc) is 3.35. The first kappa shape index (κ1) is 25.4. The summed E-state index contributed by atoms with van der Waals surface area (Å²) in [4.78, 5) is 41.0. The van der Waals surface area contributed by atoms with Crippen molar-refractivity contribution in [1.82, 2.24) is 15.5 Å². The SMILES string of the molecule is CC[C@H](N)C(=O)N[C@H](C(=O)N1CCC[C@H]1C(=O)NC(c1ccccc1)c1ccccc1)C(C)C. The summed E-state index contributed by atoms with van der Waals surface area (Å²) < 4.78 is 0. The Bertz CT molecular complexity index is 925. The van der Waals surface area contributed by atoms with Gasteiger partial charge in [0.1, 0.15) is 12.1 Å². The lowest BCUT2D eigenvalue weighted by molar-refractivity contribution is -0.142. The van der Waals surface area contributed by atoms with Crippen molar-refractivity contribution < 1.29 is 14.4 Å². The molecular weight excluding hydrogens is 428 g/mol. The molecule has 1 heterocycles. The molecule has 0 radical (unpaired) electrons. The second-order valence-corrected chi connectivity index (χ2v) is 9.20. The molecule has 2 aromatic carbocycles. The molecule has 0 unspecified atom stereocenters. The monoisotopic (exact) mass is 464 g/mol. The number of carbonyl (C=O) groups is 3. The average molecular weight is 465 g/mol. The van der Waals surface area contributed by atoms with Crippen molar-refractivity contribution in [3.05, 3.63) is 71.8 Å². The Morgan fingerprint density at radius 1 is 0.971 bits per heavy atom. The Labute approximate surface area is 202 Å². The van der Waals surface area contributed by atoms with Crippen molar-refractivity contribution in [3.8, 4) is 0 Å². The van der Waals surface area contributed by atoms with E-state index in [1.807, 2.05) is 81.4 Å². The highest BCUT2D eigenvalue weighted by molar-refractivity contribution is 5.93. The van der Waals surface area contributed by atoms with Crippen LogP contribution in [-0.4, -0.2) is 47.3 Å². The third-order valence-corrected chi connectivity index (χ3v) is 6.40. The summed E-state index contributed by atoms with van der Waals surface area (Å²) in [6.45, 7) is 6.07. The fourth-order valence-corrected chi connectivity index (χ4v) is 4.33. The largest absolute Gasteiger partial charge is 0.343 e. The summed E-state index contributed by atoms with van der Waals surface area (Å²) in [5.74, 6) is -0.905. The van der Waals surface area contributed by atoms with Gasteiger partial charge in [0.2, 0.25) is 17.7 Å². The quantitative estimate of drug-likeness (QED) is 0.531. The van der Waals surface area contributed by atoms with Gasteiger partial charge in [-0.2, -0.15) is 0 Å². The zero-order valence-corrected chi connectivity index (χ0v) is 20.2. The minimum absolute atomic E-state index is 0.133. The molecule has 0 spiro atoms.